The van der Waals surface area contributed by atoms with Crippen LogP contribution >= 0.6 is 0 Å². The van der Waals surface area contributed by atoms with E-state index in [4.69, 9.17) is 10.5 Å². The quantitative estimate of drug-likeness (QED) is 0.889. The Kier molecular flexibility index (Phi) is 3.82. The Morgan fingerprint density at radius 1 is 1.17 bits per heavy atom. The average Bonchev–Trinajstić information content (AvgIpc) is 2.38. The second-order valence-corrected chi connectivity index (χ2v) is 4.34. The monoisotopic (exact) mass is 242 g/mol. The summed E-state index contributed by atoms with van der Waals surface area (Å²) in [5.41, 5.74) is 8.80. The van der Waals surface area contributed by atoms with Crippen LogP contribution in [-0.2, 0) is 6.42 Å². The lowest BCUT2D eigenvalue weighted by Gasteiger charge is -2.09. The normalized spacial score (nSPS) is 10.3. The lowest BCUT2D eigenvalue weighted by Crippen LogP contribution is -1.97. The zero-order valence-electron chi connectivity index (χ0n) is 10.8. The number of ether oxygens (including phenoxy) is 1. The number of hydrogen-bond acceptors (Lipinski definition) is 3. The molecule has 0 aliphatic heterocycles. The van der Waals surface area contributed by atoms with Gasteiger partial charge in [-0.05, 0) is 42.7 Å². The van der Waals surface area contributed by atoms with Crippen molar-refractivity contribution >= 4 is 5.69 Å². The highest BCUT2D eigenvalue weighted by Gasteiger charge is 2.05. The van der Waals surface area contributed by atoms with E-state index < -0.39 is 0 Å². The van der Waals surface area contributed by atoms with Crippen LogP contribution in [0.5, 0.6) is 11.6 Å². The number of rotatable bonds is 4. The molecule has 1 aromatic heterocycles. The Balaban J connectivity index is 2.16. The van der Waals surface area contributed by atoms with Crippen molar-refractivity contribution in [3.8, 4) is 11.6 Å². The highest BCUT2D eigenvalue weighted by atomic mass is 16.5. The third kappa shape index (κ3) is 2.80. The topological polar surface area (TPSA) is 48.1 Å². The molecule has 0 amide bonds. The SMILES string of the molecule is CCCc1ccc(Oc2nccc(C)c2N)cc1. The Hall–Kier alpha value is -2.03. The first-order valence-electron chi connectivity index (χ1n) is 6.18. The predicted molar refractivity (Wildman–Crippen MR) is 73.9 cm³/mol. The molecule has 2 rings (SSSR count). The van der Waals surface area contributed by atoms with Gasteiger partial charge in [0.25, 0.3) is 0 Å². The molecule has 94 valence electrons. The second-order valence-electron chi connectivity index (χ2n) is 4.34. The summed E-state index contributed by atoms with van der Waals surface area (Å²) < 4.78 is 5.69. The Morgan fingerprint density at radius 3 is 2.56 bits per heavy atom. The van der Waals surface area contributed by atoms with Crippen molar-refractivity contribution in [3.05, 3.63) is 47.7 Å². The van der Waals surface area contributed by atoms with Gasteiger partial charge in [0.1, 0.15) is 5.75 Å². The minimum atomic E-state index is 0.471. The molecule has 0 bridgehead atoms. The molecule has 3 heteroatoms. The maximum Gasteiger partial charge on any atom is 0.242 e. The number of pyridine rings is 1. The van der Waals surface area contributed by atoms with Gasteiger partial charge in [0.15, 0.2) is 0 Å². The van der Waals surface area contributed by atoms with E-state index in [-0.39, 0.29) is 0 Å². The lowest BCUT2D eigenvalue weighted by atomic mass is 10.1. The van der Waals surface area contributed by atoms with Crippen molar-refractivity contribution in [2.45, 2.75) is 26.7 Å². The van der Waals surface area contributed by atoms with Crippen molar-refractivity contribution in [2.75, 3.05) is 5.73 Å². The molecule has 0 aliphatic carbocycles. The molecule has 0 saturated carbocycles. The number of aromatic nitrogens is 1. The Morgan fingerprint density at radius 2 is 1.89 bits per heavy atom. The van der Waals surface area contributed by atoms with E-state index in [1.807, 2.05) is 25.1 Å². The number of hydrogen-bond donors (Lipinski definition) is 1. The third-order valence-electron chi connectivity index (χ3n) is 2.85. The molecule has 0 aliphatic rings. The van der Waals surface area contributed by atoms with Crippen LogP contribution in [-0.4, -0.2) is 4.98 Å². The summed E-state index contributed by atoms with van der Waals surface area (Å²) in [5, 5.41) is 0. The highest BCUT2D eigenvalue weighted by molar-refractivity contribution is 5.55. The summed E-state index contributed by atoms with van der Waals surface area (Å²) >= 11 is 0. The van der Waals surface area contributed by atoms with Gasteiger partial charge in [0, 0.05) is 6.20 Å². The van der Waals surface area contributed by atoms with Gasteiger partial charge >= 0.3 is 0 Å². The Bertz CT molecular complexity index is 521. The Labute approximate surface area is 108 Å². The van der Waals surface area contributed by atoms with E-state index in [2.05, 4.69) is 24.0 Å². The van der Waals surface area contributed by atoms with Gasteiger partial charge in [-0.25, -0.2) is 4.98 Å². The summed E-state index contributed by atoms with van der Waals surface area (Å²) in [4.78, 5) is 4.15. The molecule has 0 radical (unpaired) electrons. The maximum atomic E-state index is 5.92. The van der Waals surface area contributed by atoms with Crippen molar-refractivity contribution < 1.29 is 4.74 Å². The van der Waals surface area contributed by atoms with E-state index in [1.165, 1.54) is 5.56 Å². The fourth-order valence-electron chi connectivity index (χ4n) is 1.75. The molecule has 0 saturated heterocycles. The average molecular weight is 242 g/mol. The molecular formula is C15H18N2O. The zero-order chi connectivity index (χ0) is 13.0. The number of aryl methyl sites for hydroxylation is 2. The minimum Gasteiger partial charge on any atom is -0.437 e. The number of nitrogens with zero attached hydrogens (tertiary/aromatic N) is 1. The number of nitrogen functional groups attached to an aromatic ring is 1. The van der Waals surface area contributed by atoms with E-state index in [0.29, 0.717) is 11.6 Å². The maximum absolute atomic E-state index is 5.92. The fourth-order valence-corrected chi connectivity index (χ4v) is 1.75. The molecule has 2 aromatic rings. The van der Waals surface area contributed by atoms with E-state index in [9.17, 15) is 0 Å². The van der Waals surface area contributed by atoms with Crippen molar-refractivity contribution in [1.29, 1.82) is 0 Å². The smallest absolute Gasteiger partial charge is 0.242 e. The van der Waals surface area contributed by atoms with E-state index >= 15 is 0 Å². The van der Waals surface area contributed by atoms with Crippen molar-refractivity contribution in [2.24, 2.45) is 0 Å². The van der Waals surface area contributed by atoms with Crippen LogP contribution in [0.2, 0.25) is 0 Å². The van der Waals surface area contributed by atoms with Crippen LogP contribution in [0.3, 0.4) is 0 Å². The van der Waals surface area contributed by atoms with Gasteiger partial charge in [0.05, 0.1) is 5.69 Å². The molecule has 0 fully saturated rings. The zero-order valence-corrected chi connectivity index (χ0v) is 10.8. The van der Waals surface area contributed by atoms with Crippen LogP contribution < -0.4 is 10.5 Å². The number of nitrogens with two attached hydrogens (primary N) is 1. The number of anilines is 1. The van der Waals surface area contributed by atoms with Crippen LogP contribution in [0, 0.1) is 6.92 Å². The molecular weight excluding hydrogens is 224 g/mol. The van der Waals surface area contributed by atoms with Crippen molar-refractivity contribution in [3.63, 3.8) is 0 Å². The summed E-state index contributed by atoms with van der Waals surface area (Å²) in [6.45, 7) is 4.11. The standard InChI is InChI=1S/C15H18N2O/c1-3-4-12-5-7-13(8-6-12)18-15-14(16)11(2)9-10-17-15/h5-10H,3-4,16H2,1-2H3. The molecule has 0 spiro atoms. The van der Waals surface area contributed by atoms with Gasteiger partial charge in [-0.1, -0.05) is 25.5 Å². The van der Waals surface area contributed by atoms with Gasteiger partial charge in [-0.3, -0.25) is 0 Å². The predicted octanol–water partition coefficient (Wildman–Crippen LogP) is 3.72. The molecule has 3 nitrogen and oxygen atoms in total. The third-order valence-corrected chi connectivity index (χ3v) is 2.85. The first-order valence-corrected chi connectivity index (χ1v) is 6.18. The molecule has 1 heterocycles. The van der Waals surface area contributed by atoms with Gasteiger partial charge < -0.3 is 10.5 Å². The second kappa shape index (κ2) is 5.54. The molecule has 18 heavy (non-hydrogen) atoms. The van der Waals surface area contributed by atoms with Crippen LogP contribution in [0.1, 0.15) is 24.5 Å². The van der Waals surface area contributed by atoms with Gasteiger partial charge in [-0.15, -0.1) is 0 Å². The first kappa shape index (κ1) is 12.4. The molecule has 1 aromatic carbocycles. The fraction of sp³-hybridized carbons (Fsp3) is 0.267. The largest absolute Gasteiger partial charge is 0.437 e. The first-order chi connectivity index (χ1) is 8.70. The summed E-state index contributed by atoms with van der Waals surface area (Å²) in [6, 6.07) is 9.92. The van der Waals surface area contributed by atoms with Crippen LogP contribution in [0.25, 0.3) is 0 Å². The number of benzene rings is 1. The van der Waals surface area contributed by atoms with E-state index in [0.717, 1.165) is 24.2 Å². The minimum absolute atomic E-state index is 0.471. The van der Waals surface area contributed by atoms with Crippen molar-refractivity contribution in [1.82, 2.24) is 4.98 Å². The van der Waals surface area contributed by atoms with Crippen LogP contribution in [0.4, 0.5) is 5.69 Å². The van der Waals surface area contributed by atoms with Gasteiger partial charge in [0.2, 0.25) is 5.88 Å². The molecule has 0 unspecified atom stereocenters. The highest BCUT2D eigenvalue weighted by Crippen LogP contribution is 2.27. The van der Waals surface area contributed by atoms with Gasteiger partial charge in [-0.2, -0.15) is 0 Å². The molecule has 0 atom stereocenters. The lowest BCUT2D eigenvalue weighted by molar-refractivity contribution is 0.465. The van der Waals surface area contributed by atoms with Crippen LogP contribution in [0.15, 0.2) is 36.5 Å². The van der Waals surface area contributed by atoms with E-state index in [1.54, 1.807) is 6.20 Å². The summed E-state index contributed by atoms with van der Waals surface area (Å²) in [5.74, 6) is 1.23. The molecule has 2 N–H and O–H groups in total. The summed E-state index contributed by atoms with van der Waals surface area (Å²) in [6.07, 6.45) is 3.93. The summed E-state index contributed by atoms with van der Waals surface area (Å²) in [7, 11) is 0.